The molecule has 3 rings (SSSR count). The van der Waals surface area contributed by atoms with Gasteiger partial charge in [-0.05, 0) is 24.4 Å². The number of aromatic amines is 1. The smallest absolute Gasteiger partial charge is 0.243 e. The number of amides is 2. The Hall–Kier alpha value is -2.21. The number of para-hydroxylation sites is 1. The molecule has 0 atom stereocenters. The van der Waals surface area contributed by atoms with Gasteiger partial charge in [-0.15, -0.1) is 0 Å². The van der Waals surface area contributed by atoms with Crippen molar-refractivity contribution in [2.45, 2.75) is 6.42 Å². The SMILES string of the molecule is O=C1CC(=O)N(c2cc3ccccc3[nH]2)C(=S)N1. The third-order valence-electron chi connectivity index (χ3n) is 2.77. The lowest BCUT2D eigenvalue weighted by Crippen LogP contribution is -2.52. The van der Waals surface area contributed by atoms with Gasteiger partial charge in [0.1, 0.15) is 12.2 Å². The first-order valence-electron chi connectivity index (χ1n) is 5.40. The highest BCUT2D eigenvalue weighted by atomic mass is 32.1. The fraction of sp³-hybridized carbons (Fsp3) is 0.0833. The highest BCUT2D eigenvalue weighted by molar-refractivity contribution is 7.80. The molecule has 0 radical (unpaired) electrons. The number of carbonyl (C=O) groups excluding carboxylic acids is 2. The molecule has 2 amide bonds. The van der Waals surface area contributed by atoms with Crippen molar-refractivity contribution in [3.63, 3.8) is 0 Å². The average Bonchev–Trinajstić information content (AvgIpc) is 2.70. The van der Waals surface area contributed by atoms with Gasteiger partial charge in [0.05, 0.1) is 0 Å². The zero-order valence-electron chi connectivity index (χ0n) is 9.27. The summed E-state index contributed by atoms with van der Waals surface area (Å²) in [4.78, 5) is 27.4. The summed E-state index contributed by atoms with van der Waals surface area (Å²) in [5, 5.41) is 3.58. The summed E-state index contributed by atoms with van der Waals surface area (Å²) >= 11 is 5.02. The number of thiocarbonyl (C=S) groups is 1. The van der Waals surface area contributed by atoms with E-state index in [4.69, 9.17) is 12.2 Å². The van der Waals surface area contributed by atoms with Gasteiger partial charge < -0.3 is 10.3 Å². The molecular formula is C12H9N3O2S. The third kappa shape index (κ3) is 1.67. The standard InChI is InChI=1S/C12H9N3O2S/c16-10-6-11(17)15(12(18)14-10)9-5-7-3-1-2-4-8(7)13-9/h1-5,13H,6H2,(H,14,16,18). The minimum atomic E-state index is -0.364. The van der Waals surface area contributed by atoms with E-state index in [9.17, 15) is 9.59 Å². The van der Waals surface area contributed by atoms with Crippen LogP contribution in [-0.4, -0.2) is 21.9 Å². The number of benzene rings is 1. The molecule has 0 spiro atoms. The first-order valence-corrected chi connectivity index (χ1v) is 5.80. The highest BCUT2D eigenvalue weighted by Gasteiger charge is 2.30. The number of rotatable bonds is 1. The summed E-state index contributed by atoms with van der Waals surface area (Å²) in [5.41, 5.74) is 0.917. The molecule has 1 fully saturated rings. The van der Waals surface area contributed by atoms with Crippen LogP contribution in [0.4, 0.5) is 5.82 Å². The topological polar surface area (TPSA) is 65.2 Å². The Kier molecular flexibility index (Phi) is 2.38. The second-order valence-electron chi connectivity index (χ2n) is 4.00. The summed E-state index contributed by atoms with van der Waals surface area (Å²) in [6, 6.07) is 9.50. The molecule has 0 unspecified atom stereocenters. The Morgan fingerprint density at radius 2 is 2.00 bits per heavy atom. The van der Waals surface area contributed by atoms with E-state index in [1.54, 1.807) is 0 Å². The van der Waals surface area contributed by atoms with Crippen molar-refractivity contribution in [3.8, 4) is 0 Å². The zero-order chi connectivity index (χ0) is 12.7. The maximum absolute atomic E-state index is 11.8. The van der Waals surface area contributed by atoms with Crippen molar-refractivity contribution in [3.05, 3.63) is 30.3 Å². The monoisotopic (exact) mass is 259 g/mol. The Morgan fingerprint density at radius 3 is 2.72 bits per heavy atom. The Labute approximate surface area is 108 Å². The van der Waals surface area contributed by atoms with E-state index in [1.165, 1.54) is 4.90 Å². The van der Waals surface area contributed by atoms with Gasteiger partial charge in [-0.1, -0.05) is 18.2 Å². The number of carbonyl (C=O) groups is 2. The zero-order valence-corrected chi connectivity index (χ0v) is 10.1. The van der Waals surface area contributed by atoms with Crippen LogP contribution in [0, 0.1) is 0 Å². The lowest BCUT2D eigenvalue weighted by Gasteiger charge is -2.25. The van der Waals surface area contributed by atoms with Crippen LogP contribution in [0.2, 0.25) is 0 Å². The third-order valence-corrected chi connectivity index (χ3v) is 3.05. The van der Waals surface area contributed by atoms with Gasteiger partial charge in [-0.3, -0.25) is 9.59 Å². The summed E-state index contributed by atoms with van der Waals surface area (Å²) in [7, 11) is 0. The Balaban J connectivity index is 2.05. The van der Waals surface area contributed by atoms with Crippen LogP contribution in [0.1, 0.15) is 6.42 Å². The van der Waals surface area contributed by atoms with Crippen LogP contribution in [0.5, 0.6) is 0 Å². The number of nitrogens with one attached hydrogen (secondary N) is 2. The molecule has 0 aliphatic carbocycles. The summed E-state index contributed by atoms with van der Waals surface area (Å²) < 4.78 is 0. The van der Waals surface area contributed by atoms with Gasteiger partial charge >= 0.3 is 0 Å². The maximum atomic E-state index is 11.8. The van der Waals surface area contributed by atoms with Gasteiger partial charge in [-0.2, -0.15) is 0 Å². The number of aromatic nitrogens is 1. The number of fused-ring (bicyclic) bond motifs is 1. The van der Waals surface area contributed by atoms with Crippen LogP contribution in [-0.2, 0) is 9.59 Å². The van der Waals surface area contributed by atoms with Gasteiger partial charge in [0.25, 0.3) is 0 Å². The van der Waals surface area contributed by atoms with E-state index in [0.717, 1.165) is 10.9 Å². The van der Waals surface area contributed by atoms with Crippen molar-refractivity contribution < 1.29 is 9.59 Å². The fourth-order valence-corrected chi connectivity index (χ4v) is 2.29. The van der Waals surface area contributed by atoms with E-state index in [2.05, 4.69) is 10.3 Å². The van der Waals surface area contributed by atoms with E-state index < -0.39 is 0 Å². The average molecular weight is 259 g/mol. The quantitative estimate of drug-likeness (QED) is 0.599. The van der Waals surface area contributed by atoms with Crippen LogP contribution in [0.25, 0.3) is 10.9 Å². The Morgan fingerprint density at radius 1 is 1.22 bits per heavy atom. The van der Waals surface area contributed by atoms with Crippen molar-refractivity contribution >= 4 is 45.9 Å². The minimum Gasteiger partial charge on any atom is -0.341 e. The largest absolute Gasteiger partial charge is 0.341 e. The first-order chi connectivity index (χ1) is 8.65. The van der Waals surface area contributed by atoms with E-state index in [-0.39, 0.29) is 23.3 Å². The normalized spacial score (nSPS) is 16.2. The molecular weight excluding hydrogens is 250 g/mol. The molecule has 90 valence electrons. The van der Waals surface area contributed by atoms with Crippen molar-refractivity contribution in [2.75, 3.05) is 4.90 Å². The number of hydrogen-bond donors (Lipinski definition) is 2. The lowest BCUT2D eigenvalue weighted by atomic mass is 10.2. The fourth-order valence-electron chi connectivity index (χ4n) is 1.97. The van der Waals surface area contributed by atoms with Crippen molar-refractivity contribution in [1.29, 1.82) is 0 Å². The van der Waals surface area contributed by atoms with Crippen LogP contribution in [0.15, 0.2) is 30.3 Å². The predicted octanol–water partition coefficient (Wildman–Crippen LogP) is 1.31. The maximum Gasteiger partial charge on any atom is 0.243 e. The number of nitrogens with zero attached hydrogens (tertiary/aromatic N) is 1. The molecule has 2 aromatic rings. The molecule has 1 aliphatic rings. The van der Waals surface area contributed by atoms with Gasteiger partial charge in [0.15, 0.2) is 5.11 Å². The van der Waals surface area contributed by atoms with E-state index in [1.807, 2.05) is 30.3 Å². The van der Waals surface area contributed by atoms with Crippen molar-refractivity contribution in [1.82, 2.24) is 10.3 Å². The summed E-state index contributed by atoms with van der Waals surface area (Å²) in [5.74, 6) is -0.112. The van der Waals surface area contributed by atoms with Crippen LogP contribution < -0.4 is 10.2 Å². The Bertz CT molecular complexity index is 624. The van der Waals surface area contributed by atoms with Crippen molar-refractivity contribution in [2.24, 2.45) is 0 Å². The minimum absolute atomic E-state index is 0.114. The van der Waals surface area contributed by atoms with Gasteiger partial charge in [0, 0.05) is 10.9 Å². The van der Waals surface area contributed by atoms with Gasteiger partial charge in [0.2, 0.25) is 11.8 Å². The summed E-state index contributed by atoms with van der Waals surface area (Å²) in [6.07, 6.45) is -0.185. The number of H-pyrrole nitrogens is 1. The lowest BCUT2D eigenvalue weighted by molar-refractivity contribution is -0.127. The second-order valence-corrected chi connectivity index (χ2v) is 4.39. The molecule has 18 heavy (non-hydrogen) atoms. The first kappa shape index (κ1) is 10.9. The van der Waals surface area contributed by atoms with E-state index in [0.29, 0.717) is 5.82 Å². The number of hydrogen-bond acceptors (Lipinski definition) is 3. The van der Waals surface area contributed by atoms with Crippen LogP contribution >= 0.6 is 12.2 Å². The van der Waals surface area contributed by atoms with Gasteiger partial charge in [-0.25, -0.2) is 4.90 Å². The molecule has 1 aromatic carbocycles. The predicted molar refractivity (Wildman–Crippen MR) is 71.1 cm³/mol. The molecule has 6 heteroatoms. The molecule has 2 heterocycles. The molecule has 2 N–H and O–H groups in total. The molecule has 5 nitrogen and oxygen atoms in total. The second kappa shape index (κ2) is 3.92. The van der Waals surface area contributed by atoms with E-state index >= 15 is 0 Å². The molecule has 1 saturated heterocycles. The molecule has 1 aromatic heterocycles. The molecule has 0 saturated carbocycles. The summed E-state index contributed by atoms with van der Waals surface area (Å²) in [6.45, 7) is 0. The molecule has 1 aliphatic heterocycles. The number of anilines is 1. The highest BCUT2D eigenvalue weighted by Crippen LogP contribution is 2.23. The van der Waals surface area contributed by atoms with Crippen LogP contribution in [0.3, 0.4) is 0 Å². The molecule has 0 bridgehead atoms.